The van der Waals surface area contributed by atoms with Gasteiger partial charge in [-0.1, -0.05) is 18.5 Å². The van der Waals surface area contributed by atoms with Gasteiger partial charge in [0.15, 0.2) is 0 Å². The summed E-state index contributed by atoms with van der Waals surface area (Å²) in [6, 6.07) is 2.24. The van der Waals surface area contributed by atoms with Crippen molar-refractivity contribution >= 4 is 22.9 Å². The third-order valence-electron chi connectivity index (χ3n) is 3.15. The smallest absolute Gasteiger partial charge is 0.0837 e. The van der Waals surface area contributed by atoms with E-state index in [0.717, 1.165) is 30.4 Å². The van der Waals surface area contributed by atoms with Crippen LogP contribution in [0.3, 0.4) is 0 Å². The maximum absolute atomic E-state index is 6.37. The second-order valence-electron chi connectivity index (χ2n) is 4.95. The van der Waals surface area contributed by atoms with E-state index in [1.807, 2.05) is 4.68 Å². The number of hydrogen-bond donors (Lipinski definition) is 1. The lowest BCUT2D eigenvalue weighted by Gasteiger charge is -2.20. The molecule has 1 unspecified atom stereocenters. The van der Waals surface area contributed by atoms with Crippen LogP contribution in [0.1, 0.15) is 24.2 Å². The highest BCUT2D eigenvalue weighted by Crippen LogP contribution is 2.29. The average Bonchev–Trinajstić information content (AvgIpc) is 3.04. The maximum Gasteiger partial charge on any atom is 0.0837 e. The van der Waals surface area contributed by atoms with Crippen LogP contribution in [-0.4, -0.2) is 41.9 Å². The summed E-state index contributed by atoms with van der Waals surface area (Å²) in [4.78, 5) is 2.15. The normalized spacial score (nSPS) is 13.1. The summed E-state index contributed by atoms with van der Waals surface area (Å²) in [6.07, 6.45) is 1.74. The van der Waals surface area contributed by atoms with Crippen molar-refractivity contribution in [3.63, 3.8) is 0 Å². The molecule has 0 aliphatic heterocycles. The van der Waals surface area contributed by atoms with Crippen molar-refractivity contribution in [1.82, 2.24) is 20.0 Å². The number of aromatic nitrogens is 2. The van der Waals surface area contributed by atoms with E-state index < -0.39 is 0 Å². The molecule has 0 aromatic carbocycles. The van der Waals surface area contributed by atoms with Crippen LogP contribution in [-0.2, 0) is 6.54 Å². The largest absolute Gasteiger partial charge is 0.308 e. The maximum atomic E-state index is 6.37. The molecule has 0 radical (unpaired) electrons. The first-order valence-corrected chi connectivity index (χ1v) is 8.07. The van der Waals surface area contributed by atoms with E-state index in [2.05, 4.69) is 53.2 Å². The summed E-state index contributed by atoms with van der Waals surface area (Å²) < 4.78 is 2.01. The van der Waals surface area contributed by atoms with Crippen LogP contribution < -0.4 is 5.32 Å². The van der Waals surface area contributed by atoms with Gasteiger partial charge >= 0.3 is 0 Å². The van der Waals surface area contributed by atoms with Gasteiger partial charge in [-0.3, -0.25) is 4.68 Å². The van der Waals surface area contributed by atoms with Crippen LogP contribution in [0.25, 0.3) is 0 Å². The Kier molecular flexibility index (Phi) is 5.60. The van der Waals surface area contributed by atoms with E-state index in [0.29, 0.717) is 0 Å². The van der Waals surface area contributed by atoms with Crippen molar-refractivity contribution < 1.29 is 0 Å². The van der Waals surface area contributed by atoms with Crippen molar-refractivity contribution in [2.24, 2.45) is 0 Å². The number of rotatable bonds is 7. The molecular formula is C14H21ClN4S. The molecule has 0 fully saturated rings. The Bertz CT molecular complexity index is 521. The zero-order valence-electron chi connectivity index (χ0n) is 12.1. The first-order chi connectivity index (χ1) is 9.63. The molecule has 0 saturated heterocycles. The molecule has 0 saturated carbocycles. The minimum atomic E-state index is 0.100. The fourth-order valence-corrected chi connectivity index (χ4v) is 3.08. The average molecular weight is 313 g/mol. The number of nitrogens with one attached hydrogen (secondary N) is 1. The SMILES string of the molecule is CCNC(c1ccsc1)c1c(Cl)cnn1CCN(C)C. The quantitative estimate of drug-likeness (QED) is 0.853. The molecule has 0 bridgehead atoms. The summed E-state index contributed by atoms with van der Waals surface area (Å²) in [6.45, 7) is 4.76. The topological polar surface area (TPSA) is 33.1 Å². The van der Waals surface area contributed by atoms with E-state index in [9.17, 15) is 0 Å². The second kappa shape index (κ2) is 7.22. The third kappa shape index (κ3) is 3.61. The molecule has 110 valence electrons. The highest BCUT2D eigenvalue weighted by molar-refractivity contribution is 7.08. The van der Waals surface area contributed by atoms with Gasteiger partial charge in [-0.2, -0.15) is 16.4 Å². The van der Waals surface area contributed by atoms with Crippen LogP contribution in [0.2, 0.25) is 5.02 Å². The van der Waals surface area contributed by atoms with Gasteiger partial charge in [0.1, 0.15) is 0 Å². The standard InChI is InChI=1S/C14H21ClN4S/c1-4-16-13(11-5-8-20-10-11)14-12(15)9-17-19(14)7-6-18(2)3/h5,8-10,13,16H,4,6-7H2,1-3H3. The van der Waals surface area contributed by atoms with Crippen molar-refractivity contribution in [1.29, 1.82) is 0 Å². The molecule has 2 heterocycles. The van der Waals surface area contributed by atoms with Crippen LogP contribution in [0.4, 0.5) is 0 Å². The summed E-state index contributed by atoms with van der Waals surface area (Å²) >= 11 is 8.07. The number of likely N-dealkylation sites (N-methyl/N-ethyl adjacent to an activating group) is 1. The molecule has 1 N–H and O–H groups in total. The zero-order chi connectivity index (χ0) is 14.5. The van der Waals surface area contributed by atoms with E-state index >= 15 is 0 Å². The first-order valence-electron chi connectivity index (χ1n) is 6.75. The monoisotopic (exact) mass is 312 g/mol. The lowest BCUT2D eigenvalue weighted by atomic mass is 10.1. The molecular weight excluding hydrogens is 292 g/mol. The van der Waals surface area contributed by atoms with Crippen molar-refractivity contribution in [3.8, 4) is 0 Å². The minimum absolute atomic E-state index is 0.100. The highest BCUT2D eigenvalue weighted by Gasteiger charge is 2.21. The third-order valence-corrected chi connectivity index (χ3v) is 4.14. The van der Waals surface area contributed by atoms with Gasteiger partial charge in [-0.25, -0.2) is 0 Å². The fraction of sp³-hybridized carbons (Fsp3) is 0.500. The summed E-state index contributed by atoms with van der Waals surface area (Å²) in [5.74, 6) is 0. The summed E-state index contributed by atoms with van der Waals surface area (Å²) in [5.41, 5.74) is 2.29. The predicted molar refractivity (Wildman–Crippen MR) is 85.6 cm³/mol. The number of thiophene rings is 1. The Morgan fingerprint density at radius 2 is 2.30 bits per heavy atom. The number of halogens is 1. The molecule has 1 atom stereocenters. The van der Waals surface area contributed by atoms with Crippen LogP contribution in [0, 0.1) is 0 Å². The van der Waals surface area contributed by atoms with Crippen LogP contribution in [0.15, 0.2) is 23.0 Å². The molecule has 6 heteroatoms. The Labute approximate surface area is 129 Å². The molecule has 0 spiro atoms. The van der Waals surface area contributed by atoms with Gasteiger partial charge in [0.05, 0.1) is 29.5 Å². The summed E-state index contributed by atoms with van der Waals surface area (Å²) in [7, 11) is 4.12. The number of hydrogen-bond acceptors (Lipinski definition) is 4. The van der Waals surface area contributed by atoms with Gasteiger partial charge in [-0.05, 0) is 43.0 Å². The molecule has 4 nitrogen and oxygen atoms in total. The van der Waals surface area contributed by atoms with Crippen molar-refractivity contribution in [2.75, 3.05) is 27.2 Å². The minimum Gasteiger partial charge on any atom is -0.308 e. The first kappa shape index (κ1) is 15.5. The van der Waals surface area contributed by atoms with Gasteiger partial charge in [0, 0.05) is 6.54 Å². The summed E-state index contributed by atoms with van der Waals surface area (Å²) in [5, 5.41) is 12.9. The van der Waals surface area contributed by atoms with Gasteiger partial charge in [0.2, 0.25) is 0 Å². The highest BCUT2D eigenvalue weighted by atomic mass is 35.5. The predicted octanol–water partition coefficient (Wildman–Crippen LogP) is 2.86. The van der Waals surface area contributed by atoms with Crippen molar-refractivity contribution in [3.05, 3.63) is 39.3 Å². The van der Waals surface area contributed by atoms with Gasteiger partial charge in [-0.15, -0.1) is 0 Å². The molecule has 2 rings (SSSR count). The van der Waals surface area contributed by atoms with Gasteiger partial charge < -0.3 is 10.2 Å². The Balaban J connectivity index is 2.30. The van der Waals surface area contributed by atoms with Crippen LogP contribution in [0.5, 0.6) is 0 Å². The second-order valence-corrected chi connectivity index (χ2v) is 6.14. The Morgan fingerprint density at radius 1 is 1.50 bits per heavy atom. The molecule has 0 aliphatic rings. The Morgan fingerprint density at radius 3 is 2.90 bits per heavy atom. The molecule has 0 aliphatic carbocycles. The van der Waals surface area contributed by atoms with E-state index in [1.54, 1.807) is 17.5 Å². The molecule has 20 heavy (non-hydrogen) atoms. The molecule has 0 amide bonds. The van der Waals surface area contributed by atoms with Crippen molar-refractivity contribution in [2.45, 2.75) is 19.5 Å². The molecule has 2 aromatic heterocycles. The van der Waals surface area contributed by atoms with E-state index in [4.69, 9.17) is 11.6 Å². The van der Waals surface area contributed by atoms with Crippen LogP contribution >= 0.6 is 22.9 Å². The molecule has 2 aromatic rings. The lowest BCUT2D eigenvalue weighted by molar-refractivity contribution is 0.365. The van der Waals surface area contributed by atoms with Gasteiger partial charge in [0.25, 0.3) is 0 Å². The zero-order valence-corrected chi connectivity index (χ0v) is 13.7. The number of nitrogens with zero attached hydrogens (tertiary/aromatic N) is 3. The van der Waals surface area contributed by atoms with E-state index in [-0.39, 0.29) is 6.04 Å². The van der Waals surface area contributed by atoms with E-state index in [1.165, 1.54) is 5.56 Å². The fourth-order valence-electron chi connectivity index (χ4n) is 2.15. The lowest BCUT2D eigenvalue weighted by Crippen LogP contribution is -2.27. The Hall–Kier alpha value is -0.880.